The van der Waals surface area contributed by atoms with Crippen LogP contribution in [0.4, 0.5) is 0 Å². The summed E-state index contributed by atoms with van der Waals surface area (Å²) in [6, 6.07) is 0.141. The first-order valence-electron chi connectivity index (χ1n) is 3.36. The molecule has 0 aliphatic heterocycles. The van der Waals surface area contributed by atoms with Crippen molar-refractivity contribution in [3.63, 3.8) is 0 Å². The van der Waals surface area contributed by atoms with E-state index >= 15 is 0 Å². The van der Waals surface area contributed by atoms with Gasteiger partial charge in [-0.2, -0.15) is 0 Å². The van der Waals surface area contributed by atoms with Gasteiger partial charge in [-0.05, 0) is 13.8 Å². The van der Waals surface area contributed by atoms with E-state index in [4.69, 9.17) is 5.11 Å². The summed E-state index contributed by atoms with van der Waals surface area (Å²) >= 11 is 0. The fourth-order valence-corrected chi connectivity index (χ4v) is 0.941. The fourth-order valence-electron chi connectivity index (χ4n) is 0.941. The summed E-state index contributed by atoms with van der Waals surface area (Å²) in [6.07, 6.45) is 3.61. The van der Waals surface area contributed by atoms with Gasteiger partial charge in [0.1, 0.15) is 5.82 Å². The van der Waals surface area contributed by atoms with E-state index in [9.17, 15) is 0 Å². The smallest absolute Gasteiger partial charge is 0.105 e. The van der Waals surface area contributed by atoms with Gasteiger partial charge in [0.15, 0.2) is 0 Å². The number of hydrogen-bond donors (Lipinski definition) is 1. The molecule has 3 nitrogen and oxygen atoms in total. The minimum absolute atomic E-state index is 0.141. The summed E-state index contributed by atoms with van der Waals surface area (Å²) in [5.41, 5.74) is 0. The molecule has 0 spiro atoms. The van der Waals surface area contributed by atoms with Gasteiger partial charge in [-0.15, -0.1) is 0 Å². The van der Waals surface area contributed by atoms with E-state index in [2.05, 4.69) is 4.98 Å². The van der Waals surface area contributed by atoms with Gasteiger partial charge in [0.25, 0.3) is 0 Å². The number of aromatic nitrogens is 2. The zero-order valence-corrected chi connectivity index (χ0v) is 6.28. The Kier molecular flexibility index (Phi) is 2.06. The van der Waals surface area contributed by atoms with Crippen LogP contribution in [0.25, 0.3) is 0 Å². The predicted molar refractivity (Wildman–Crippen MR) is 38.8 cm³/mol. The Morgan fingerprint density at radius 3 is 2.90 bits per heavy atom. The first kappa shape index (κ1) is 7.28. The van der Waals surface area contributed by atoms with E-state index in [0.717, 1.165) is 5.82 Å². The largest absolute Gasteiger partial charge is 0.394 e. The number of nitrogens with zero attached hydrogens (tertiary/aromatic N) is 2. The van der Waals surface area contributed by atoms with Gasteiger partial charge >= 0.3 is 0 Å². The van der Waals surface area contributed by atoms with E-state index < -0.39 is 0 Å². The third-order valence-corrected chi connectivity index (χ3v) is 1.60. The lowest BCUT2D eigenvalue weighted by Crippen LogP contribution is -2.09. The van der Waals surface area contributed by atoms with Gasteiger partial charge in [-0.1, -0.05) is 0 Å². The van der Waals surface area contributed by atoms with Crippen molar-refractivity contribution in [3.05, 3.63) is 18.2 Å². The number of aliphatic hydroxyl groups is 1. The molecule has 1 rings (SSSR count). The Bertz CT molecular complexity index is 207. The highest BCUT2D eigenvalue weighted by Gasteiger charge is 2.03. The van der Waals surface area contributed by atoms with E-state index in [1.54, 1.807) is 6.20 Å². The van der Waals surface area contributed by atoms with Crippen LogP contribution in [0.2, 0.25) is 0 Å². The first-order chi connectivity index (χ1) is 4.75. The maximum atomic E-state index is 8.78. The Labute approximate surface area is 60.3 Å². The van der Waals surface area contributed by atoms with E-state index in [1.807, 2.05) is 24.6 Å². The molecule has 0 saturated carbocycles. The van der Waals surface area contributed by atoms with Crippen molar-refractivity contribution in [1.29, 1.82) is 0 Å². The fraction of sp³-hybridized carbons (Fsp3) is 0.571. The summed E-state index contributed by atoms with van der Waals surface area (Å²) in [6.45, 7) is 4.04. The van der Waals surface area contributed by atoms with E-state index in [1.165, 1.54) is 0 Å². The lowest BCUT2D eigenvalue weighted by molar-refractivity contribution is 0.237. The Balaban J connectivity index is 2.82. The molecule has 0 fully saturated rings. The van der Waals surface area contributed by atoms with Crippen LogP contribution in [0, 0.1) is 6.92 Å². The molecule has 56 valence electrons. The highest BCUT2D eigenvalue weighted by atomic mass is 16.3. The van der Waals surface area contributed by atoms with E-state index in [0.29, 0.717) is 0 Å². The molecule has 0 aliphatic rings. The van der Waals surface area contributed by atoms with Gasteiger partial charge in [-0.25, -0.2) is 4.98 Å². The molecular weight excluding hydrogens is 128 g/mol. The molecule has 1 N–H and O–H groups in total. The second-order valence-corrected chi connectivity index (χ2v) is 2.41. The van der Waals surface area contributed by atoms with Crippen LogP contribution in [0.3, 0.4) is 0 Å². The quantitative estimate of drug-likeness (QED) is 0.658. The maximum Gasteiger partial charge on any atom is 0.105 e. The lowest BCUT2D eigenvalue weighted by atomic mass is 10.3. The molecule has 0 aliphatic carbocycles. The minimum atomic E-state index is 0.141. The van der Waals surface area contributed by atoms with Crippen LogP contribution in [0.5, 0.6) is 0 Å². The summed E-state index contributed by atoms with van der Waals surface area (Å²) in [7, 11) is 0. The van der Waals surface area contributed by atoms with Crippen LogP contribution in [-0.2, 0) is 0 Å². The van der Waals surface area contributed by atoms with Crippen molar-refractivity contribution < 1.29 is 5.11 Å². The van der Waals surface area contributed by atoms with Crippen LogP contribution in [0.1, 0.15) is 18.8 Å². The summed E-state index contributed by atoms with van der Waals surface area (Å²) in [4.78, 5) is 4.04. The molecule has 10 heavy (non-hydrogen) atoms. The standard InChI is InChI=1S/C7H12N2O/c1-6(5-10)9-4-3-8-7(9)2/h3-4,6,10H,5H2,1-2H3. The molecule has 0 saturated heterocycles. The predicted octanol–water partition coefficient (Wildman–Crippen LogP) is 0.745. The number of rotatable bonds is 2. The zero-order valence-electron chi connectivity index (χ0n) is 6.28. The highest BCUT2D eigenvalue weighted by Crippen LogP contribution is 2.05. The molecule has 1 aromatic rings. The molecule has 1 aromatic heterocycles. The molecule has 3 heteroatoms. The second kappa shape index (κ2) is 2.84. The SMILES string of the molecule is Cc1nccn1C(C)CO. The summed E-state index contributed by atoms with van der Waals surface area (Å²) < 4.78 is 1.94. The maximum absolute atomic E-state index is 8.78. The third kappa shape index (κ3) is 1.19. The number of imidazole rings is 1. The van der Waals surface area contributed by atoms with Crippen LogP contribution in [-0.4, -0.2) is 21.3 Å². The van der Waals surface area contributed by atoms with Crippen molar-refractivity contribution in [3.8, 4) is 0 Å². The Morgan fingerprint density at radius 2 is 2.50 bits per heavy atom. The van der Waals surface area contributed by atoms with Gasteiger partial charge < -0.3 is 9.67 Å². The van der Waals surface area contributed by atoms with Crippen molar-refractivity contribution in [2.45, 2.75) is 19.9 Å². The normalized spacial score (nSPS) is 13.5. The van der Waals surface area contributed by atoms with Crippen molar-refractivity contribution in [2.24, 2.45) is 0 Å². The highest BCUT2D eigenvalue weighted by molar-refractivity contribution is 4.90. The van der Waals surface area contributed by atoms with Gasteiger partial charge in [0.05, 0.1) is 12.6 Å². The second-order valence-electron chi connectivity index (χ2n) is 2.41. The average Bonchev–Trinajstić information content (AvgIpc) is 2.34. The molecule has 0 amide bonds. The number of hydrogen-bond acceptors (Lipinski definition) is 2. The monoisotopic (exact) mass is 140 g/mol. The molecule has 1 unspecified atom stereocenters. The average molecular weight is 140 g/mol. The molecular formula is C7H12N2O. The summed E-state index contributed by atoms with van der Waals surface area (Å²) in [5, 5.41) is 8.78. The van der Waals surface area contributed by atoms with Crippen molar-refractivity contribution in [1.82, 2.24) is 9.55 Å². The lowest BCUT2D eigenvalue weighted by Gasteiger charge is -2.10. The summed E-state index contributed by atoms with van der Waals surface area (Å²) in [5.74, 6) is 0.946. The van der Waals surface area contributed by atoms with Gasteiger partial charge in [-0.3, -0.25) is 0 Å². The third-order valence-electron chi connectivity index (χ3n) is 1.60. The van der Waals surface area contributed by atoms with Crippen LogP contribution < -0.4 is 0 Å². The first-order valence-corrected chi connectivity index (χ1v) is 3.36. The molecule has 0 aromatic carbocycles. The number of aryl methyl sites for hydroxylation is 1. The molecule has 0 bridgehead atoms. The van der Waals surface area contributed by atoms with Crippen LogP contribution in [0.15, 0.2) is 12.4 Å². The van der Waals surface area contributed by atoms with Crippen molar-refractivity contribution >= 4 is 0 Å². The van der Waals surface area contributed by atoms with Gasteiger partial charge in [0.2, 0.25) is 0 Å². The minimum Gasteiger partial charge on any atom is -0.394 e. The van der Waals surface area contributed by atoms with Crippen molar-refractivity contribution in [2.75, 3.05) is 6.61 Å². The van der Waals surface area contributed by atoms with Gasteiger partial charge in [0, 0.05) is 12.4 Å². The Morgan fingerprint density at radius 1 is 1.80 bits per heavy atom. The number of aliphatic hydroxyl groups excluding tert-OH is 1. The zero-order chi connectivity index (χ0) is 7.56. The Hall–Kier alpha value is -0.830. The molecule has 1 atom stereocenters. The topological polar surface area (TPSA) is 38.0 Å². The molecule has 0 radical (unpaired) electrons. The van der Waals surface area contributed by atoms with Crippen LogP contribution >= 0.6 is 0 Å². The van der Waals surface area contributed by atoms with E-state index in [-0.39, 0.29) is 12.6 Å². The molecule has 1 heterocycles.